The summed E-state index contributed by atoms with van der Waals surface area (Å²) in [5.41, 5.74) is 2.99. The van der Waals surface area contributed by atoms with Crippen LogP contribution in [0.3, 0.4) is 0 Å². The molecule has 1 heterocycles. The molecule has 24 heavy (non-hydrogen) atoms. The first-order chi connectivity index (χ1) is 11.6. The van der Waals surface area contributed by atoms with Gasteiger partial charge in [-0.25, -0.2) is 0 Å². The van der Waals surface area contributed by atoms with E-state index in [4.69, 9.17) is 0 Å². The average Bonchev–Trinajstić information content (AvgIpc) is 2.99. The lowest BCUT2D eigenvalue weighted by Crippen LogP contribution is -2.29. The van der Waals surface area contributed by atoms with E-state index in [1.165, 1.54) is 0 Å². The quantitative estimate of drug-likeness (QED) is 0.728. The Labute approximate surface area is 139 Å². The summed E-state index contributed by atoms with van der Waals surface area (Å²) in [5.74, 6) is -1.41. The molecule has 0 aliphatic carbocycles. The van der Waals surface area contributed by atoms with E-state index in [0.29, 0.717) is 11.4 Å². The van der Waals surface area contributed by atoms with Gasteiger partial charge in [0.15, 0.2) is 0 Å². The first-order valence-corrected chi connectivity index (χ1v) is 7.72. The van der Waals surface area contributed by atoms with Crippen molar-refractivity contribution in [2.45, 2.75) is 20.4 Å². The van der Waals surface area contributed by atoms with E-state index in [1.54, 1.807) is 24.4 Å². The highest BCUT2D eigenvalue weighted by Gasteiger charge is 2.15. The fourth-order valence-corrected chi connectivity index (χ4v) is 2.48. The number of rotatable bonds is 3. The fraction of sp³-hybridized carbons (Fsp3) is 0.167. The van der Waals surface area contributed by atoms with Crippen molar-refractivity contribution in [3.8, 4) is 0 Å². The number of hydrogen-bond donors (Lipinski definition) is 2. The molecule has 0 unspecified atom stereocenters. The highest BCUT2D eigenvalue weighted by Crippen LogP contribution is 2.19. The predicted octanol–water partition coefficient (Wildman–Crippen LogP) is 2.94. The number of nitrogens with zero attached hydrogens (tertiary/aromatic N) is 2. The maximum absolute atomic E-state index is 12.1. The minimum Gasteiger partial charge on any atom is -0.318 e. The lowest BCUT2D eigenvalue weighted by atomic mass is 10.2. The van der Waals surface area contributed by atoms with Crippen LogP contribution in [0, 0.1) is 6.92 Å². The van der Waals surface area contributed by atoms with Crippen molar-refractivity contribution in [3.63, 3.8) is 0 Å². The molecule has 6 heteroatoms. The Kier molecular flexibility index (Phi) is 4.29. The molecule has 2 aromatic carbocycles. The Balaban J connectivity index is 1.74. The number of fused-ring (bicyclic) bond motifs is 1. The third kappa shape index (κ3) is 3.12. The van der Waals surface area contributed by atoms with Crippen molar-refractivity contribution in [1.82, 2.24) is 9.78 Å². The van der Waals surface area contributed by atoms with Crippen molar-refractivity contribution in [2.75, 3.05) is 10.6 Å². The van der Waals surface area contributed by atoms with Gasteiger partial charge in [-0.3, -0.25) is 14.3 Å². The van der Waals surface area contributed by atoms with Crippen LogP contribution >= 0.6 is 0 Å². The van der Waals surface area contributed by atoms with Crippen molar-refractivity contribution in [3.05, 3.63) is 54.2 Å². The molecule has 2 amide bonds. The van der Waals surface area contributed by atoms with Gasteiger partial charge in [-0.1, -0.05) is 18.2 Å². The number of hydrogen-bond acceptors (Lipinski definition) is 3. The highest BCUT2D eigenvalue weighted by molar-refractivity contribution is 6.43. The molecule has 2 N–H and O–H groups in total. The van der Waals surface area contributed by atoms with Gasteiger partial charge in [0.2, 0.25) is 0 Å². The minimum atomic E-state index is -0.708. The third-order valence-electron chi connectivity index (χ3n) is 3.80. The van der Waals surface area contributed by atoms with Crippen LogP contribution in [0.1, 0.15) is 12.5 Å². The van der Waals surface area contributed by atoms with Crippen LogP contribution in [0.25, 0.3) is 10.9 Å². The van der Waals surface area contributed by atoms with Gasteiger partial charge in [-0.15, -0.1) is 0 Å². The second-order valence-electron chi connectivity index (χ2n) is 5.46. The lowest BCUT2D eigenvalue weighted by Gasteiger charge is -2.09. The summed E-state index contributed by atoms with van der Waals surface area (Å²) >= 11 is 0. The summed E-state index contributed by atoms with van der Waals surface area (Å²) in [5, 5.41) is 10.5. The summed E-state index contributed by atoms with van der Waals surface area (Å²) in [6.07, 6.45) is 1.77. The van der Waals surface area contributed by atoms with E-state index in [9.17, 15) is 9.59 Å². The smallest absolute Gasteiger partial charge is 0.314 e. The number of benzene rings is 2. The molecule has 0 saturated carbocycles. The molecule has 0 radical (unpaired) electrons. The second kappa shape index (κ2) is 6.54. The SMILES string of the molecule is CCn1ncc2ccc(NC(=O)C(=O)Nc3ccccc3C)cc21. The van der Waals surface area contributed by atoms with E-state index in [0.717, 1.165) is 23.0 Å². The van der Waals surface area contributed by atoms with Crippen LogP contribution in [0.15, 0.2) is 48.7 Å². The van der Waals surface area contributed by atoms with Gasteiger partial charge in [0.05, 0.1) is 11.7 Å². The molecule has 3 aromatic rings. The number of carbonyl (C=O) groups excluding carboxylic acids is 2. The number of amides is 2. The molecule has 0 bridgehead atoms. The summed E-state index contributed by atoms with van der Waals surface area (Å²) in [4.78, 5) is 24.2. The first-order valence-electron chi connectivity index (χ1n) is 7.72. The van der Waals surface area contributed by atoms with E-state index in [2.05, 4.69) is 15.7 Å². The summed E-state index contributed by atoms with van der Waals surface area (Å²) in [6.45, 7) is 4.59. The Hall–Kier alpha value is -3.15. The zero-order chi connectivity index (χ0) is 17.1. The lowest BCUT2D eigenvalue weighted by molar-refractivity contribution is -0.133. The Morgan fingerprint density at radius 1 is 1.08 bits per heavy atom. The van der Waals surface area contributed by atoms with Crippen molar-refractivity contribution >= 4 is 34.1 Å². The largest absolute Gasteiger partial charge is 0.318 e. The summed E-state index contributed by atoms with van der Waals surface area (Å²) < 4.78 is 1.83. The molecule has 6 nitrogen and oxygen atoms in total. The topological polar surface area (TPSA) is 76.0 Å². The number of para-hydroxylation sites is 1. The minimum absolute atomic E-state index is 0.558. The van der Waals surface area contributed by atoms with E-state index in [-0.39, 0.29) is 0 Å². The molecule has 0 aliphatic rings. The number of aromatic nitrogens is 2. The van der Waals surface area contributed by atoms with E-state index >= 15 is 0 Å². The number of nitrogens with one attached hydrogen (secondary N) is 2. The van der Waals surface area contributed by atoms with Gasteiger partial charge in [0.1, 0.15) is 0 Å². The molecular weight excluding hydrogens is 304 g/mol. The Bertz CT molecular complexity index is 914. The van der Waals surface area contributed by atoms with Gasteiger partial charge in [0.25, 0.3) is 0 Å². The van der Waals surface area contributed by atoms with Crippen molar-refractivity contribution in [2.24, 2.45) is 0 Å². The summed E-state index contributed by atoms with van der Waals surface area (Å²) in [7, 11) is 0. The maximum atomic E-state index is 12.1. The van der Waals surface area contributed by atoms with Crippen molar-refractivity contribution in [1.29, 1.82) is 0 Å². The average molecular weight is 322 g/mol. The van der Waals surface area contributed by atoms with Crippen LogP contribution in [0.4, 0.5) is 11.4 Å². The number of carbonyl (C=O) groups is 2. The van der Waals surface area contributed by atoms with Gasteiger partial charge < -0.3 is 10.6 Å². The van der Waals surface area contributed by atoms with Gasteiger partial charge >= 0.3 is 11.8 Å². The number of anilines is 2. The molecule has 1 aromatic heterocycles. The molecule has 0 spiro atoms. The van der Waals surface area contributed by atoms with Crippen LogP contribution in [-0.2, 0) is 16.1 Å². The second-order valence-corrected chi connectivity index (χ2v) is 5.46. The number of aryl methyl sites for hydroxylation is 2. The Morgan fingerprint density at radius 3 is 2.58 bits per heavy atom. The van der Waals surface area contributed by atoms with Gasteiger partial charge in [0, 0.05) is 23.3 Å². The van der Waals surface area contributed by atoms with Crippen LogP contribution in [0.5, 0.6) is 0 Å². The molecule has 0 fully saturated rings. The molecule has 122 valence electrons. The molecule has 0 atom stereocenters. The van der Waals surface area contributed by atoms with Crippen LogP contribution in [0.2, 0.25) is 0 Å². The van der Waals surface area contributed by atoms with Gasteiger partial charge in [-0.2, -0.15) is 5.10 Å². The van der Waals surface area contributed by atoms with Crippen molar-refractivity contribution < 1.29 is 9.59 Å². The zero-order valence-electron chi connectivity index (χ0n) is 13.5. The highest BCUT2D eigenvalue weighted by atomic mass is 16.2. The zero-order valence-corrected chi connectivity index (χ0v) is 13.5. The molecule has 0 aliphatic heterocycles. The maximum Gasteiger partial charge on any atom is 0.314 e. The normalized spacial score (nSPS) is 10.6. The standard InChI is InChI=1S/C18H18N4O2/c1-3-22-16-10-14(9-8-13(16)11-19-22)20-17(23)18(24)21-15-7-5-4-6-12(15)2/h4-11H,3H2,1-2H3,(H,20,23)(H,21,24). The fourth-order valence-electron chi connectivity index (χ4n) is 2.48. The molecular formula is C18H18N4O2. The van der Waals surface area contributed by atoms with E-state index < -0.39 is 11.8 Å². The summed E-state index contributed by atoms with van der Waals surface area (Å²) in [6, 6.07) is 12.7. The van der Waals surface area contributed by atoms with E-state index in [1.807, 2.05) is 42.8 Å². The monoisotopic (exact) mass is 322 g/mol. The van der Waals surface area contributed by atoms with Gasteiger partial charge in [-0.05, 0) is 43.7 Å². The molecule has 3 rings (SSSR count). The Morgan fingerprint density at radius 2 is 1.83 bits per heavy atom. The molecule has 0 saturated heterocycles. The predicted molar refractivity (Wildman–Crippen MR) is 93.8 cm³/mol. The van der Waals surface area contributed by atoms with Crippen LogP contribution < -0.4 is 10.6 Å². The first kappa shape index (κ1) is 15.7. The van der Waals surface area contributed by atoms with Crippen LogP contribution in [-0.4, -0.2) is 21.6 Å². The third-order valence-corrected chi connectivity index (χ3v) is 3.80.